The van der Waals surface area contributed by atoms with Crippen LogP contribution in [0.3, 0.4) is 0 Å². The highest BCUT2D eigenvalue weighted by molar-refractivity contribution is 5.93. The Morgan fingerprint density at radius 3 is 3.00 bits per heavy atom. The van der Waals surface area contributed by atoms with Crippen molar-refractivity contribution in [3.8, 4) is 0 Å². The number of aromatic nitrogens is 1. The third-order valence-corrected chi connectivity index (χ3v) is 2.23. The first-order chi connectivity index (χ1) is 8.17. The standard InChI is InChI=1S/C12H19N3O2/c1-4-17-8-9(2)15-12(16)11-7-10(13-3)5-6-14-11/h5-7,9H,4,8H2,1-3H3,(H,13,14)(H,15,16). The molecule has 0 radical (unpaired) electrons. The first-order valence-electron chi connectivity index (χ1n) is 5.69. The molecular weight excluding hydrogens is 218 g/mol. The minimum Gasteiger partial charge on any atom is -0.388 e. The van der Waals surface area contributed by atoms with Gasteiger partial charge >= 0.3 is 0 Å². The van der Waals surface area contributed by atoms with E-state index in [4.69, 9.17) is 4.74 Å². The molecule has 0 bridgehead atoms. The van der Waals surface area contributed by atoms with E-state index in [1.165, 1.54) is 0 Å². The van der Waals surface area contributed by atoms with Gasteiger partial charge in [-0.05, 0) is 26.0 Å². The molecule has 2 N–H and O–H groups in total. The molecule has 1 amide bonds. The number of anilines is 1. The summed E-state index contributed by atoms with van der Waals surface area (Å²) in [6.45, 7) is 4.98. The van der Waals surface area contributed by atoms with E-state index >= 15 is 0 Å². The van der Waals surface area contributed by atoms with E-state index in [1.54, 1.807) is 25.4 Å². The van der Waals surface area contributed by atoms with Gasteiger partial charge in [0.15, 0.2) is 0 Å². The number of pyridine rings is 1. The Morgan fingerprint density at radius 1 is 1.59 bits per heavy atom. The normalized spacial score (nSPS) is 11.9. The quantitative estimate of drug-likeness (QED) is 0.782. The predicted octanol–water partition coefficient (Wildman–Crippen LogP) is 1.28. The molecule has 5 nitrogen and oxygen atoms in total. The number of amides is 1. The number of hydrogen-bond donors (Lipinski definition) is 2. The van der Waals surface area contributed by atoms with Crippen molar-refractivity contribution in [3.05, 3.63) is 24.0 Å². The Morgan fingerprint density at radius 2 is 2.35 bits per heavy atom. The summed E-state index contributed by atoms with van der Waals surface area (Å²) >= 11 is 0. The molecule has 94 valence electrons. The number of carbonyl (C=O) groups is 1. The molecular formula is C12H19N3O2. The SMILES string of the molecule is CCOCC(C)NC(=O)c1cc(NC)ccn1. The molecule has 17 heavy (non-hydrogen) atoms. The zero-order valence-corrected chi connectivity index (χ0v) is 10.5. The lowest BCUT2D eigenvalue weighted by atomic mass is 10.2. The molecule has 0 aromatic carbocycles. The molecule has 1 unspecified atom stereocenters. The van der Waals surface area contributed by atoms with E-state index in [-0.39, 0.29) is 11.9 Å². The van der Waals surface area contributed by atoms with Crippen LogP contribution in [-0.4, -0.2) is 37.2 Å². The molecule has 0 saturated heterocycles. The van der Waals surface area contributed by atoms with Gasteiger partial charge in [0.1, 0.15) is 5.69 Å². The Hall–Kier alpha value is -1.62. The maximum atomic E-state index is 11.8. The summed E-state index contributed by atoms with van der Waals surface area (Å²) < 4.78 is 5.23. The van der Waals surface area contributed by atoms with Gasteiger partial charge in [-0.2, -0.15) is 0 Å². The van der Waals surface area contributed by atoms with Crippen LogP contribution in [0.5, 0.6) is 0 Å². The molecule has 0 saturated carbocycles. The molecule has 1 heterocycles. The average molecular weight is 237 g/mol. The highest BCUT2D eigenvalue weighted by atomic mass is 16.5. The van der Waals surface area contributed by atoms with Crippen molar-refractivity contribution in [1.29, 1.82) is 0 Å². The van der Waals surface area contributed by atoms with Crippen molar-refractivity contribution >= 4 is 11.6 Å². The second-order valence-electron chi connectivity index (χ2n) is 3.71. The summed E-state index contributed by atoms with van der Waals surface area (Å²) in [5, 5.41) is 5.79. The van der Waals surface area contributed by atoms with Crippen LogP contribution in [-0.2, 0) is 4.74 Å². The van der Waals surface area contributed by atoms with Gasteiger partial charge in [0.2, 0.25) is 0 Å². The molecule has 0 aliphatic carbocycles. The summed E-state index contributed by atoms with van der Waals surface area (Å²) in [6, 6.07) is 3.49. The van der Waals surface area contributed by atoms with Crippen molar-refractivity contribution in [3.63, 3.8) is 0 Å². The van der Waals surface area contributed by atoms with Crippen LogP contribution < -0.4 is 10.6 Å². The fraction of sp³-hybridized carbons (Fsp3) is 0.500. The van der Waals surface area contributed by atoms with E-state index in [1.807, 2.05) is 13.8 Å². The van der Waals surface area contributed by atoms with Crippen LogP contribution in [0.25, 0.3) is 0 Å². The molecule has 1 atom stereocenters. The van der Waals surface area contributed by atoms with Gasteiger partial charge in [-0.3, -0.25) is 9.78 Å². The lowest BCUT2D eigenvalue weighted by Crippen LogP contribution is -2.36. The molecule has 0 aliphatic heterocycles. The summed E-state index contributed by atoms with van der Waals surface area (Å²) in [4.78, 5) is 15.9. The van der Waals surface area contributed by atoms with E-state index < -0.39 is 0 Å². The fourth-order valence-corrected chi connectivity index (χ4v) is 1.34. The molecule has 1 aromatic rings. The molecule has 1 aromatic heterocycles. The molecule has 0 spiro atoms. The second-order valence-corrected chi connectivity index (χ2v) is 3.71. The Bertz CT molecular complexity index is 369. The highest BCUT2D eigenvalue weighted by Gasteiger charge is 2.11. The lowest BCUT2D eigenvalue weighted by Gasteiger charge is -2.13. The van der Waals surface area contributed by atoms with Gasteiger partial charge in [0.25, 0.3) is 5.91 Å². The third-order valence-electron chi connectivity index (χ3n) is 2.23. The fourth-order valence-electron chi connectivity index (χ4n) is 1.34. The number of nitrogens with zero attached hydrogens (tertiary/aromatic N) is 1. The zero-order chi connectivity index (χ0) is 12.7. The van der Waals surface area contributed by atoms with Crippen molar-refractivity contribution in [1.82, 2.24) is 10.3 Å². The predicted molar refractivity (Wildman–Crippen MR) is 67.2 cm³/mol. The van der Waals surface area contributed by atoms with Gasteiger partial charge in [-0.15, -0.1) is 0 Å². The zero-order valence-electron chi connectivity index (χ0n) is 10.5. The van der Waals surface area contributed by atoms with Crippen molar-refractivity contribution in [2.45, 2.75) is 19.9 Å². The Labute approximate surface area is 102 Å². The summed E-state index contributed by atoms with van der Waals surface area (Å²) in [5.74, 6) is -0.186. The number of hydrogen-bond acceptors (Lipinski definition) is 4. The van der Waals surface area contributed by atoms with Gasteiger partial charge < -0.3 is 15.4 Å². The monoisotopic (exact) mass is 237 g/mol. The van der Waals surface area contributed by atoms with E-state index in [2.05, 4.69) is 15.6 Å². The maximum Gasteiger partial charge on any atom is 0.270 e. The van der Waals surface area contributed by atoms with Crippen molar-refractivity contribution < 1.29 is 9.53 Å². The highest BCUT2D eigenvalue weighted by Crippen LogP contribution is 2.06. The van der Waals surface area contributed by atoms with Crippen molar-refractivity contribution in [2.75, 3.05) is 25.6 Å². The minimum atomic E-state index is -0.186. The van der Waals surface area contributed by atoms with Crippen LogP contribution in [0, 0.1) is 0 Å². The number of carbonyl (C=O) groups excluding carboxylic acids is 1. The lowest BCUT2D eigenvalue weighted by molar-refractivity contribution is 0.0867. The topological polar surface area (TPSA) is 63.2 Å². The van der Waals surface area contributed by atoms with Crippen LogP contribution in [0.15, 0.2) is 18.3 Å². The minimum absolute atomic E-state index is 0.0255. The first-order valence-corrected chi connectivity index (χ1v) is 5.69. The van der Waals surface area contributed by atoms with Crippen LogP contribution in [0.4, 0.5) is 5.69 Å². The van der Waals surface area contributed by atoms with Crippen molar-refractivity contribution in [2.24, 2.45) is 0 Å². The molecule has 1 rings (SSSR count). The molecule has 5 heteroatoms. The average Bonchev–Trinajstić information content (AvgIpc) is 2.36. The van der Waals surface area contributed by atoms with Gasteiger partial charge in [0.05, 0.1) is 6.61 Å². The maximum absolute atomic E-state index is 11.8. The largest absolute Gasteiger partial charge is 0.388 e. The Balaban J connectivity index is 2.56. The number of ether oxygens (including phenoxy) is 1. The van der Waals surface area contributed by atoms with Crippen LogP contribution in [0.1, 0.15) is 24.3 Å². The first kappa shape index (κ1) is 13.4. The van der Waals surface area contributed by atoms with Crippen LogP contribution >= 0.6 is 0 Å². The molecule has 0 fully saturated rings. The second kappa shape index (κ2) is 6.85. The van der Waals surface area contributed by atoms with Gasteiger partial charge in [0, 0.05) is 31.6 Å². The summed E-state index contributed by atoms with van der Waals surface area (Å²) in [5.41, 5.74) is 1.27. The van der Waals surface area contributed by atoms with E-state index in [0.29, 0.717) is 18.9 Å². The summed E-state index contributed by atoms with van der Waals surface area (Å²) in [6.07, 6.45) is 1.61. The van der Waals surface area contributed by atoms with E-state index in [0.717, 1.165) is 5.69 Å². The third kappa shape index (κ3) is 4.40. The van der Waals surface area contributed by atoms with Crippen LogP contribution in [0.2, 0.25) is 0 Å². The summed E-state index contributed by atoms with van der Waals surface area (Å²) in [7, 11) is 1.80. The number of nitrogens with one attached hydrogen (secondary N) is 2. The van der Waals surface area contributed by atoms with E-state index in [9.17, 15) is 4.79 Å². The number of rotatable bonds is 6. The molecule has 0 aliphatic rings. The van der Waals surface area contributed by atoms with Gasteiger partial charge in [-0.25, -0.2) is 0 Å². The Kier molecular flexibility index (Phi) is 5.42. The van der Waals surface area contributed by atoms with Gasteiger partial charge in [-0.1, -0.05) is 0 Å². The smallest absolute Gasteiger partial charge is 0.270 e.